The molecular weight excluding hydrogens is 342 g/mol. The van der Waals surface area contributed by atoms with E-state index in [1.54, 1.807) is 0 Å². The number of rotatable bonds is 5. The van der Waals surface area contributed by atoms with Crippen molar-refractivity contribution >= 4 is 23.4 Å². The minimum Gasteiger partial charge on any atom is -0.298 e. The molecule has 0 aromatic heterocycles. The second kappa shape index (κ2) is 5.99. The summed E-state index contributed by atoms with van der Waals surface area (Å²) in [7, 11) is 0. The molecule has 4 aliphatic carbocycles. The Hall–Kier alpha value is -1.52. The lowest BCUT2D eigenvalue weighted by atomic mass is 9.39. The highest BCUT2D eigenvalue weighted by atomic mass is 16.2. The Morgan fingerprint density at radius 2 is 1.67 bits per heavy atom. The van der Waals surface area contributed by atoms with E-state index in [1.165, 1.54) is 19.3 Å². The molecular formula is C22H31NO4. The largest absolute Gasteiger partial charge is 0.298 e. The van der Waals surface area contributed by atoms with Gasteiger partial charge in [-0.05, 0) is 67.1 Å². The zero-order valence-corrected chi connectivity index (χ0v) is 16.8. The predicted octanol–water partition coefficient (Wildman–Crippen LogP) is 3.30. The summed E-state index contributed by atoms with van der Waals surface area (Å²) in [6, 6.07) is 0. The number of ketones is 2. The molecule has 3 atom stereocenters. The molecule has 0 N–H and O–H groups in total. The standard InChI is InChI=1S/C22H31NO4/c1-4-5-17(26)23-10-16(25)18(19(23)27)15(24)9-22-8-14-6-20(2,12-22)11-21(3,7-14)13-22/h14,18H,4-13H2,1-3H3. The monoisotopic (exact) mass is 373 g/mol. The van der Waals surface area contributed by atoms with Crippen molar-refractivity contribution < 1.29 is 19.2 Å². The van der Waals surface area contributed by atoms with E-state index in [9.17, 15) is 19.2 Å². The molecule has 5 nitrogen and oxygen atoms in total. The number of carbonyl (C=O) groups excluding carboxylic acids is 4. The van der Waals surface area contributed by atoms with Crippen LogP contribution in [0.15, 0.2) is 0 Å². The number of nitrogens with zero attached hydrogens (tertiary/aromatic N) is 1. The van der Waals surface area contributed by atoms with Gasteiger partial charge >= 0.3 is 0 Å². The van der Waals surface area contributed by atoms with Gasteiger partial charge in [0, 0.05) is 12.8 Å². The van der Waals surface area contributed by atoms with Gasteiger partial charge in [-0.1, -0.05) is 20.8 Å². The summed E-state index contributed by atoms with van der Waals surface area (Å²) < 4.78 is 0. The predicted molar refractivity (Wildman–Crippen MR) is 99.6 cm³/mol. The van der Waals surface area contributed by atoms with Gasteiger partial charge in [0.1, 0.15) is 0 Å². The van der Waals surface area contributed by atoms with Crippen molar-refractivity contribution in [3.05, 3.63) is 0 Å². The van der Waals surface area contributed by atoms with Crippen molar-refractivity contribution in [2.45, 2.75) is 78.6 Å². The molecule has 148 valence electrons. The van der Waals surface area contributed by atoms with Crippen molar-refractivity contribution in [3.8, 4) is 0 Å². The van der Waals surface area contributed by atoms with Gasteiger partial charge in [-0.3, -0.25) is 24.1 Å². The van der Waals surface area contributed by atoms with Crippen LogP contribution >= 0.6 is 0 Å². The van der Waals surface area contributed by atoms with Crippen LogP contribution in [0.1, 0.15) is 78.6 Å². The maximum absolute atomic E-state index is 13.1. The number of Topliss-reactive ketones (excluding diaryl/α,β-unsaturated/α-hetero) is 2. The third kappa shape index (κ3) is 3.07. The summed E-state index contributed by atoms with van der Waals surface area (Å²) in [6.07, 6.45) is 8.03. The third-order valence-electron chi connectivity index (χ3n) is 7.53. The van der Waals surface area contributed by atoms with Crippen LogP contribution in [0.2, 0.25) is 0 Å². The number of likely N-dealkylation sites (tertiary alicyclic amines) is 1. The number of hydrogen-bond acceptors (Lipinski definition) is 4. The highest BCUT2D eigenvalue weighted by Gasteiger charge is 2.61. The van der Waals surface area contributed by atoms with Crippen LogP contribution in [-0.2, 0) is 19.2 Å². The van der Waals surface area contributed by atoms with E-state index in [0.717, 1.165) is 24.2 Å². The van der Waals surface area contributed by atoms with Gasteiger partial charge in [0.2, 0.25) is 11.8 Å². The first-order valence-electron chi connectivity index (χ1n) is 10.5. The van der Waals surface area contributed by atoms with Gasteiger partial charge in [-0.2, -0.15) is 0 Å². The molecule has 1 aliphatic heterocycles. The van der Waals surface area contributed by atoms with Crippen LogP contribution < -0.4 is 0 Å². The molecule has 5 rings (SSSR count). The first-order valence-corrected chi connectivity index (χ1v) is 10.5. The van der Waals surface area contributed by atoms with Crippen molar-refractivity contribution in [1.29, 1.82) is 0 Å². The lowest BCUT2D eigenvalue weighted by molar-refractivity contribution is -0.158. The molecule has 1 heterocycles. The molecule has 0 spiro atoms. The Labute approximate surface area is 161 Å². The van der Waals surface area contributed by atoms with Gasteiger partial charge < -0.3 is 0 Å². The summed E-state index contributed by atoms with van der Waals surface area (Å²) in [4.78, 5) is 51.3. The zero-order valence-electron chi connectivity index (χ0n) is 16.8. The van der Waals surface area contributed by atoms with Crippen LogP contribution in [0.3, 0.4) is 0 Å². The number of carbonyl (C=O) groups is 4. The molecule has 5 aliphatic rings. The van der Waals surface area contributed by atoms with Gasteiger partial charge in [-0.15, -0.1) is 0 Å². The van der Waals surface area contributed by atoms with Crippen LogP contribution in [0.5, 0.6) is 0 Å². The van der Waals surface area contributed by atoms with Crippen LogP contribution in [0.25, 0.3) is 0 Å². The normalized spacial score (nSPS) is 42.9. The van der Waals surface area contributed by atoms with E-state index >= 15 is 0 Å². The number of hydrogen-bond donors (Lipinski definition) is 0. The Kier molecular flexibility index (Phi) is 4.17. The third-order valence-corrected chi connectivity index (χ3v) is 7.53. The second-order valence-electron chi connectivity index (χ2n) is 10.7. The molecule has 1 saturated heterocycles. The number of amides is 2. The summed E-state index contributed by atoms with van der Waals surface area (Å²) in [5.74, 6) is -2.12. The first-order chi connectivity index (χ1) is 12.6. The minimum atomic E-state index is -1.24. The molecule has 0 radical (unpaired) electrons. The molecule has 2 amide bonds. The Morgan fingerprint density at radius 3 is 2.22 bits per heavy atom. The Bertz CT molecular complexity index is 708. The van der Waals surface area contributed by atoms with Gasteiger partial charge in [0.05, 0.1) is 6.54 Å². The maximum Gasteiger partial charge on any atom is 0.247 e. The van der Waals surface area contributed by atoms with Crippen molar-refractivity contribution in [1.82, 2.24) is 4.90 Å². The van der Waals surface area contributed by atoms with Crippen LogP contribution in [-0.4, -0.2) is 34.8 Å². The van der Waals surface area contributed by atoms with Crippen LogP contribution in [0.4, 0.5) is 0 Å². The van der Waals surface area contributed by atoms with Gasteiger partial charge in [-0.25, -0.2) is 0 Å². The fraction of sp³-hybridized carbons (Fsp3) is 0.818. The smallest absolute Gasteiger partial charge is 0.247 e. The highest BCUT2D eigenvalue weighted by molar-refractivity contribution is 6.26. The zero-order chi connectivity index (χ0) is 19.6. The topological polar surface area (TPSA) is 71.5 Å². The van der Waals surface area contributed by atoms with Crippen LogP contribution in [0, 0.1) is 28.1 Å². The van der Waals surface area contributed by atoms with E-state index in [0.29, 0.717) is 29.6 Å². The van der Waals surface area contributed by atoms with Gasteiger partial charge in [0.25, 0.3) is 0 Å². The van der Waals surface area contributed by atoms with Crippen molar-refractivity contribution in [2.24, 2.45) is 28.1 Å². The van der Waals surface area contributed by atoms with E-state index in [4.69, 9.17) is 0 Å². The summed E-state index contributed by atoms with van der Waals surface area (Å²) in [5, 5.41) is 0. The van der Waals surface area contributed by atoms with Crippen molar-refractivity contribution in [2.75, 3.05) is 6.54 Å². The quantitative estimate of drug-likeness (QED) is 0.693. The molecule has 0 aromatic carbocycles. The summed E-state index contributed by atoms with van der Waals surface area (Å²) >= 11 is 0. The van der Waals surface area contributed by atoms with E-state index < -0.39 is 17.6 Å². The fourth-order valence-electron chi connectivity index (χ4n) is 7.85. The molecule has 3 unspecified atom stereocenters. The SMILES string of the molecule is CCCC(=O)N1CC(=O)C(C(=O)CC23CC4CC(C)(CC(C)(C4)C2)C3)C1=O. The molecule has 4 saturated carbocycles. The van der Waals surface area contributed by atoms with E-state index in [1.807, 2.05) is 6.92 Å². The summed E-state index contributed by atoms with van der Waals surface area (Å²) in [6.45, 7) is 6.34. The molecule has 5 fully saturated rings. The Morgan fingerprint density at radius 1 is 1.04 bits per heavy atom. The van der Waals surface area contributed by atoms with Crippen molar-refractivity contribution in [3.63, 3.8) is 0 Å². The van der Waals surface area contributed by atoms with Gasteiger partial charge in [0.15, 0.2) is 17.5 Å². The lowest BCUT2D eigenvalue weighted by Gasteiger charge is -2.65. The molecule has 5 heteroatoms. The summed E-state index contributed by atoms with van der Waals surface area (Å²) in [5.41, 5.74) is 0.532. The molecule has 0 aromatic rings. The average molecular weight is 373 g/mol. The van der Waals surface area contributed by atoms with E-state index in [-0.39, 0.29) is 30.1 Å². The molecule has 27 heavy (non-hydrogen) atoms. The first kappa shape index (κ1) is 18.8. The molecule has 4 bridgehead atoms. The number of imide groups is 1. The van der Waals surface area contributed by atoms with E-state index in [2.05, 4.69) is 13.8 Å². The second-order valence-corrected chi connectivity index (χ2v) is 10.7. The lowest BCUT2D eigenvalue weighted by Crippen LogP contribution is -2.55. The maximum atomic E-state index is 13.1. The highest BCUT2D eigenvalue weighted by Crippen LogP contribution is 2.70. The Balaban J connectivity index is 1.52. The minimum absolute atomic E-state index is 0.0542. The average Bonchev–Trinajstić information content (AvgIpc) is 2.78. The fourth-order valence-corrected chi connectivity index (χ4v) is 7.85.